The Balaban J connectivity index is 1.68. The van der Waals surface area contributed by atoms with Crippen LogP contribution in [0, 0.1) is 0 Å². The lowest BCUT2D eigenvalue weighted by Gasteiger charge is -2.14. The Morgan fingerprint density at radius 3 is 2.77 bits per heavy atom. The van der Waals surface area contributed by atoms with Gasteiger partial charge in [-0.05, 0) is 42.8 Å². The Morgan fingerprint density at radius 2 is 2.03 bits per heavy atom. The van der Waals surface area contributed by atoms with Crippen LogP contribution in [0.4, 0.5) is 11.5 Å². The number of anilines is 2. The number of benzene rings is 2. The molecule has 3 N–H and O–H groups in total. The van der Waals surface area contributed by atoms with E-state index < -0.39 is 5.97 Å². The molecule has 31 heavy (non-hydrogen) atoms. The van der Waals surface area contributed by atoms with Crippen LogP contribution in [-0.4, -0.2) is 45.8 Å². The minimum atomic E-state index is -0.973. The van der Waals surface area contributed by atoms with Crippen molar-refractivity contribution in [3.8, 4) is 22.8 Å². The highest BCUT2D eigenvalue weighted by atomic mass is 16.5. The number of nitrogens with zero attached hydrogens (tertiary/aromatic N) is 2. The average Bonchev–Trinajstić information content (AvgIpc) is 3.26. The molecule has 0 aliphatic heterocycles. The first kappa shape index (κ1) is 20.7. The van der Waals surface area contributed by atoms with Gasteiger partial charge in [0.2, 0.25) is 0 Å². The van der Waals surface area contributed by atoms with Crippen LogP contribution in [0.15, 0.2) is 36.4 Å². The summed E-state index contributed by atoms with van der Waals surface area (Å²) < 4.78 is 13.5. The number of aliphatic hydroxyl groups is 1. The maximum absolute atomic E-state index is 11.3. The summed E-state index contributed by atoms with van der Waals surface area (Å²) in [6, 6.07) is 10.6. The highest BCUT2D eigenvalue weighted by Crippen LogP contribution is 2.45. The first-order valence-electron chi connectivity index (χ1n) is 10.2. The van der Waals surface area contributed by atoms with Gasteiger partial charge in [0.05, 0.1) is 24.5 Å². The molecule has 1 aromatic heterocycles. The largest absolute Gasteiger partial charge is 0.490 e. The van der Waals surface area contributed by atoms with Gasteiger partial charge in [0.1, 0.15) is 0 Å². The Hall–Kier alpha value is -3.52. The Kier molecular flexibility index (Phi) is 5.81. The van der Waals surface area contributed by atoms with E-state index in [-0.39, 0.29) is 12.2 Å². The van der Waals surface area contributed by atoms with Gasteiger partial charge in [0, 0.05) is 43.3 Å². The molecule has 0 radical (unpaired) electrons. The molecule has 0 unspecified atom stereocenters. The van der Waals surface area contributed by atoms with Gasteiger partial charge in [-0.2, -0.15) is 5.10 Å². The van der Waals surface area contributed by atoms with Crippen molar-refractivity contribution in [2.24, 2.45) is 7.05 Å². The van der Waals surface area contributed by atoms with Crippen molar-refractivity contribution in [2.75, 3.05) is 25.1 Å². The van der Waals surface area contributed by atoms with Crippen LogP contribution in [0.3, 0.4) is 0 Å². The number of carboxylic acid groups (broad SMARTS) is 1. The molecule has 4 rings (SSSR count). The second-order valence-electron chi connectivity index (χ2n) is 7.30. The van der Waals surface area contributed by atoms with Crippen LogP contribution >= 0.6 is 0 Å². The van der Waals surface area contributed by atoms with Crippen LogP contribution in [0.1, 0.15) is 34.8 Å². The van der Waals surface area contributed by atoms with Gasteiger partial charge in [-0.1, -0.05) is 6.07 Å². The minimum absolute atomic E-state index is 0.0683. The smallest absolute Gasteiger partial charge is 0.335 e. The van der Waals surface area contributed by atoms with Gasteiger partial charge in [-0.3, -0.25) is 4.68 Å². The summed E-state index contributed by atoms with van der Waals surface area (Å²) in [6.45, 7) is 2.92. The van der Waals surface area contributed by atoms with E-state index in [0.717, 1.165) is 22.4 Å². The third-order valence-corrected chi connectivity index (χ3v) is 5.17. The number of hydrogen-bond donors (Lipinski definition) is 3. The summed E-state index contributed by atoms with van der Waals surface area (Å²) in [6.07, 6.45) is 1.22. The molecular weight excluding hydrogens is 398 g/mol. The molecule has 3 aromatic rings. The Bertz CT molecular complexity index is 1120. The van der Waals surface area contributed by atoms with Crippen molar-refractivity contribution in [3.63, 3.8) is 0 Å². The first-order chi connectivity index (χ1) is 15.0. The molecule has 8 nitrogen and oxygen atoms in total. The summed E-state index contributed by atoms with van der Waals surface area (Å²) in [7, 11) is 1.88. The summed E-state index contributed by atoms with van der Waals surface area (Å²) in [5.74, 6) is 1.05. The fourth-order valence-electron chi connectivity index (χ4n) is 3.83. The van der Waals surface area contributed by atoms with Crippen molar-refractivity contribution < 1.29 is 24.5 Å². The number of carboxylic acids is 1. The molecule has 2 aromatic carbocycles. The highest BCUT2D eigenvalue weighted by molar-refractivity contribution is 5.89. The van der Waals surface area contributed by atoms with Crippen LogP contribution in [-0.2, 0) is 13.5 Å². The zero-order valence-electron chi connectivity index (χ0n) is 17.5. The molecule has 0 spiro atoms. The summed E-state index contributed by atoms with van der Waals surface area (Å²) in [5.41, 5.74) is 5.05. The second kappa shape index (κ2) is 8.69. The van der Waals surface area contributed by atoms with Gasteiger partial charge < -0.3 is 25.0 Å². The molecule has 0 bridgehead atoms. The first-order valence-corrected chi connectivity index (χ1v) is 10.2. The predicted molar refractivity (Wildman–Crippen MR) is 117 cm³/mol. The fraction of sp³-hybridized carbons (Fsp3) is 0.304. The number of ether oxygens (including phenoxy) is 2. The number of fused-ring (bicyclic) bond motifs is 3. The maximum Gasteiger partial charge on any atom is 0.335 e. The van der Waals surface area contributed by atoms with Crippen LogP contribution < -0.4 is 14.8 Å². The third-order valence-electron chi connectivity index (χ3n) is 5.17. The van der Waals surface area contributed by atoms with Crippen molar-refractivity contribution in [1.82, 2.24) is 9.78 Å². The molecular formula is C23H25N3O5. The maximum atomic E-state index is 11.3. The van der Waals surface area contributed by atoms with Crippen LogP contribution in [0.5, 0.6) is 11.5 Å². The molecule has 0 amide bonds. The highest BCUT2D eigenvalue weighted by Gasteiger charge is 2.29. The van der Waals surface area contributed by atoms with E-state index in [2.05, 4.69) is 10.4 Å². The molecule has 162 valence electrons. The second-order valence-corrected chi connectivity index (χ2v) is 7.30. The fourth-order valence-corrected chi connectivity index (χ4v) is 3.83. The number of rotatable bonds is 9. The number of aromatic carboxylic acids is 1. The molecule has 0 atom stereocenters. The van der Waals surface area contributed by atoms with Gasteiger partial charge in [-0.25, -0.2) is 4.79 Å². The molecule has 8 heteroatoms. The van der Waals surface area contributed by atoms with Crippen LogP contribution in [0.2, 0.25) is 0 Å². The Morgan fingerprint density at radius 1 is 1.23 bits per heavy atom. The minimum Gasteiger partial charge on any atom is -0.490 e. The SMILES string of the molecule is CCOc1cc2c(cc1OCCCO)-c1c(c(Nc3cccc(C(=O)O)c3)nn1C)C2. The molecule has 0 saturated heterocycles. The van der Waals surface area contributed by atoms with Crippen molar-refractivity contribution in [3.05, 3.63) is 53.1 Å². The molecule has 1 heterocycles. The van der Waals surface area contributed by atoms with E-state index in [0.29, 0.717) is 49.1 Å². The summed E-state index contributed by atoms with van der Waals surface area (Å²) in [5, 5.41) is 26.2. The molecule has 1 aliphatic carbocycles. The van der Waals surface area contributed by atoms with Crippen molar-refractivity contribution in [2.45, 2.75) is 19.8 Å². The number of aliphatic hydroxyl groups excluding tert-OH is 1. The lowest BCUT2D eigenvalue weighted by molar-refractivity contribution is 0.0697. The number of aromatic nitrogens is 2. The molecule has 0 fully saturated rings. The van der Waals surface area contributed by atoms with E-state index in [1.165, 1.54) is 0 Å². The van der Waals surface area contributed by atoms with E-state index in [9.17, 15) is 9.90 Å². The van der Waals surface area contributed by atoms with Crippen LogP contribution in [0.25, 0.3) is 11.3 Å². The number of nitrogens with one attached hydrogen (secondary N) is 1. The van der Waals surface area contributed by atoms with Gasteiger partial charge in [-0.15, -0.1) is 0 Å². The van der Waals surface area contributed by atoms with Crippen molar-refractivity contribution >= 4 is 17.5 Å². The van der Waals surface area contributed by atoms with E-state index in [1.54, 1.807) is 18.2 Å². The third kappa shape index (κ3) is 4.06. The van der Waals surface area contributed by atoms with Gasteiger partial charge in [0.15, 0.2) is 17.3 Å². The van der Waals surface area contributed by atoms with E-state index in [1.807, 2.05) is 36.9 Å². The topological polar surface area (TPSA) is 106 Å². The zero-order chi connectivity index (χ0) is 22.0. The average molecular weight is 423 g/mol. The monoisotopic (exact) mass is 423 g/mol. The zero-order valence-corrected chi connectivity index (χ0v) is 17.5. The number of hydrogen-bond acceptors (Lipinski definition) is 6. The summed E-state index contributed by atoms with van der Waals surface area (Å²) >= 11 is 0. The normalized spacial score (nSPS) is 11.7. The van der Waals surface area contributed by atoms with E-state index in [4.69, 9.17) is 14.6 Å². The number of carbonyl (C=O) groups is 1. The predicted octanol–water partition coefficient (Wildman–Crippen LogP) is 3.59. The van der Waals surface area contributed by atoms with Gasteiger partial charge in [0.25, 0.3) is 0 Å². The molecule has 1 aliphatic rings. The quantitative estimate of drug-likeness (QED) is 0.353. The van der Waals surface area contributed by atoms with Gasteiger partial charge >= 0.3 is 5.97 Å². The summed E-state index contributed by atoms with van der Waals surface area (Å²) in [4.78, 5) is 11.3. The standard InChI is InChI=1S/C23H25N3O5/c1-3-30-19-12-15-11-18-21(17(15)13-20(19)31-9-5-8-27)26(2)25-22(18)24-16-7-4-6-14(10-16)23(28)29/h4,6-7,10,12-13,27H,3,5,8-9,11H2,1-2H3,(H,24,25)(H,28,29). The Labute approximate surface area is 180 Å². The lowest BCUT2D eigenvalue weighted by Crippen LogP contribution is -2.04. The van der Waals surface area contributed by atoms with Crippen molar-refractivity contribution in [1.29, 1.82) is 0 Å². The van der Waals surface area contributed by atoms with E-state index >= 15 is 0 Å². The lowest BCUT2D eigenvalue weighted by atomic mass is 10.1. The number of aryl methyl sites for hydroxylation is 1. The molecule has 0 saturated carbocycles.